The Morgan fingerprint density at radius 1 is 0.410 bits per heavy atom. The SMILES string of the molecule is CC(C)P(=O)(O)NCCCOCCOCCOCCOCC(O)COP(=O)(O)C(C)C.CC(C)P(C)(=O)OCCOCCOCCOCCOCC(O)COP(=O)(O)C(C)C. The van der Waals surface area contributed by atoms with E-state index >= 15 is 0 Å². The quantitative estimate of drug-likeness (QED) is 0.0374. The van der Waals surface area contributed by atoms with Crippen molar-refractivity contribution in [3.8, 4) is 0 Å². The smallest absolute Gasteiger partial charge is 0.330 e. The van der Waals surface area contributed by atoms with Crippen LogP contribution in [0.2, 0.25) is 0 Å². The van der Waals surface area contributed by atoms with Crippen LogP contribution in [-0.4, -0.2) is 198 Å². The van der Waals surface area contributed by atoms with E-state index in [0.717, 1.165) is 0 Å². The Balaban J connectivity index is 0. The standard InChI is InChI=1S/C18H41NO10P2.C18H40O10P2/c1-16(2)30(21,22)19-6-5-7-25-8-9-26-10-11-27-12-13-28-14-18(20)15-29-31(23,24)17(3)4;1-16(2)29(5,20)27-13-12-25-9-8-23-6-7-24-10-11-26-14-18(19)15-28-30(21,22)17(3)4/h16-18,20H,5-15H2,1-4H3,(H,23,24)(H2,19,21,22);16-19H,6-15H2,1-5H3,(H,21,22). The molecule has 25 heteroatoms. The second-order valence-electron chi connectivity index (χ2n) is 14.9. The number of ether oxygens (including phenoxy) is 8. The Hall–Kier alpha value is 0.240. The zero-order valence-corrected chi connectivity index (χ0v) is 41.5. The molecule has 0 heterocycles. The number of nitrogens with one attached hydrogen (secondary N) is 1. The highest BCUT2D eigenvalue weighted by Gasteiger charge is 2.27. The topological polar surface area (TPSA) is 283 Å². The van der Waals surface area contributed by atoms with Crippen LogP contribution < -0.4 is 5.09 Å². The molecule has 0 aromatic heterocycles. The number of aliphatic hydroxyl groups excluding tert-OH is 2. The summed E-state index contributed by atoms with van der Waals surface area (Å²) in [6.45, 7) is 20.6. The number of hydrogen-bond acceptors (Lipinski definition) is 17. The molecule has 0 spiro atoms. The van der Waals surface area contributed by atoms with Crippen LogP contribution in [0.1, 0.15) is 61.8 Å². The minimum absolute atomic E-state index is 0.00148. The summed E-state index contributed by atoms with van der Waals surface area (Å²) in [5.41, 5.74) is -1.35. The molecule has 0 radical (unpaired) electrons. The second-order valence-corrected chi connectivity index (χ2v) is 25.4. The van der Waals surface area contributed by atoms with Crippen molar-refractivity contribution >= 4 is 30.1 Å². The van der Waals surface area contributed by atoms with Gasteiger partial charge in [-0.15, -0.1) is 0 Å². The lowest BCUT2D eigenvalue weighted by atomic mass is 10.4. The van der Waals surface area contributed by atoms with Crippen LogP contribution in [0, 0.1) is 0 Å². The van der Waals surface area contributed by atoms with Crippen molar-refractivity contribution in [2.24, 2.45) is 0 Å². The minimum Gasteiger partial charge on any atom is -0.388 e. The molecule has 21 nitrogen and oxygen atoms in total. The first-order valence-corrected chi connectivity index (χ1v) is 27.9. The van der Waals surface area contributed by atoms with Crippen molar-refractivity contribution in [2.45, 2.75) is 96.7 Å². The molecule has 6 unspecified atom stereocenters. The number of rotatable bonds is 41. The van der Waals surface area contributed by atoms with Crippen LogP contribution >= 0.6 is 30.1 Å². The normalized spacial score (nSPS) is 17.1. The molecule has 0 rings (SSSR count). The summed E-state index contributed by atoms with van der Waals surface area (Å²) in [5, 5.41) is 22.0. The summed E-state index contributed by atoms with van der Waals surface area (Å²) in [4.78, 5) is 28.6. The van der Waals surface area contributed by atoms with Gasteiger partial charge in [0.25, 0.3) is 7.52 Å². The average molecular weight is 972 g/mol. The van der Waals surface area contributed by atoms with Gasteiger partial charge in [0.05, 0.1) is 130 Å². The van der Waals surface area contributed by atoms with E-state index in [4.69, 9.17) is 51.5 Å². The maximum atomic E-state index is 12.0. The Labute approximate surface area is 364 Å². The molecule has 0 aliphatic heterocycles. The van der Waals surface area contributed by atoms with Gasteiger partial charge in [0.2, 0.25) is 7.37 Å². The van der Waals surface area contributed by atoms with Gasteiger partial charge in [-0.25, -0.2) is 5.09 Å². The highest BCUT2D eigenvalue weighted by Crippen LogP contribution is 2.48. The maximum absolute atomic E-state index is 12.0. The highest BCUT2D eigenvalue weighted by atomic mass is 31.2. The third-order valence-corrected chi connectivity index (χ3v) is 16.4. The van der Waals surface area contributed by atoms with Crippen LogP contribution in [0.25, 0.3) is 0 Å². The van der Waals surface area contributed by atoms with E-state index in [1.165, 1.54) is 0 Å². The molecule has 61 heavy (non-hydrogen) atoms. The summed E-state index contributed by atoms with van der Waals surface area (Å²) in [5.74, 6) is 0. The Morgan fingerprint density at radius 2 is 0.721 bits per heavy atom. The van der Waals surface area contributed by atoms with Crippen LogP contribution in [-0.2, 0) is 69.7 Å². The fourth-order valence-corrected chi connectivity index (χ4v) is 6.51. The molecule has 0 saturated carbocycles. The third-order valence-electron chi connectivity index (χ3n) is 8.08. The number of hydrogen-bond donors (Lipinski definition) is 6. The van der Waals surface area contributed by atoms with Crippen molar-refractivity contribution in [3.05, 3.63) is 0 Å². The monoisotopic (exact) mass is 971 g/mol. The van der Waals surface area contributed by atoms with E-state index in [1.807, 2.05) is 13.8 Å². The maximum Gasteiger partial charge on any atom is 0.330 e. The van der Waals surface area contributed by atoms with Gasteiger partial charge in [0.15, 0.2) is 0 Å². The van der Waals surface area contributed by atoms with Gasteiger partial charge in [0.1, 0.15) is 12.2 Å². The summed E-state index contributed by atoms with van der Waals surface area (Å²) < 4.78 is 104. The molecule has 0 fully saturated rings. The average Bonchev–Trinajstić information content (AvgIpc) is 3.17. The van der Waals surface area contributed by atoms with E-state index in [0.29, 0.717) is 98.9 Å². The Bertz CT molecular complexity index is 1230. The molecule has 0 bridgehead atoms. The second kappa shape index (κ2) is 37.3. The molecular weight excluding hydrogens is 890 g/mol. The predicted molar refractivity (Wildman–Crippen MR) is 233 cm³/mol. The molecule has 0 aromatic rings. The lowest BCUT2D eigenvalue weighted by Crippen LogP contribution is -2.23. The first-order valence-electron chi connectivity index (χ1n) is 20.7. The van der Waals surface area contributed by atoms with Gasteiger partial charge in [-0.1, -0.05) is 55.4 Å². The van der Waals surface area contributed by atoms with E-state index < -0.39 is 53.6 Å². The molecule has 0 amide bonds. The first-order chi connectivity index (χ1) is 28.5. The van der Waals surface area contributed by atoms with E-state index in [-0.39, 0.29) is 51.0 Å². The fourth-order valence-electron chi connectivity index (χ4n) is 3.56. The number of aliphatic hydroxyl groups is 2. The van der Waals surface area contributed by atoms with Crippen LogP contribution in [0.4, 0.5) is 0 Å². The molecule has 0 aromatic carbocycles. The van der Waals surface area contributed by atoms with E-state index in [1.54, 1.807) is 48.2 Å². The highest BCUT2D eigenvalue weighted by molar-refractivity contribution is 7.58. The zero-order chi connectivity index (χ0) is 46.8. The van der Waals surface area contributed by atoms with Crippen LogP contribution in [0.3, 0.4) is 0 Å². The Kier molecular flexibility index (Phi) is 38.8. The van der Waals surface area contributed by atoms with Gasteiger partial charge in [-0.2, -0.15) is 0 Å². The van der Waals surface area contributed by atoms with Gasteiger partial charge >= 0.3 is 15.2 Å². The van der Waals surface area contributed by atoms with Gasteiger partial charge in [0, 0.05) is 31.1 Å². The summed E-state index contributed by atoms with van der Waals surface area (Å²) in [6, 6.07) is 0. The van der Waals surface area contributed by atoms with E-state index in [9.17, 15) is 43.2 Å². The van der Waals surface area contributed by atoms with Crippen LogP contribution in [0.15, 0.2) is 0 Å². The van der Waals surface area contributed by atoms with Crippen molar-refractivity contribution < 1.29 is 94.6 Å². The fraction of sp³-hybridized carbons (Fsp3) is 1.00. The van der Waals surface area contributed by atoms with Crippen molar-refractivity contribution in [3.63, 3.8) is 0 Å². The van der Waals surface area contributed by atoms with Crippen LogP contribution in [0.5, 0.6) is 0 Å². The minimum atomic E-state index is -3.69. The van der Waals surface area contributed by atoms with Crippen molar-refractivity contribution in [2.75, 3.05) is 139 Å². The van der Waals surface area contributed by atoms with Gasteiger partial charge in [-0.3, -0.25) is 18.3 Å². The Morgan fingerprint density at radius 3 is 1.03 bits per heavy atom. The zero-order valence-electron chi connectivity index (χ0n) is 38.0. The third kappa shape index (κ3) is 38.1. The lowest BCUT2D eigenvalue weighted by Gasteiger charge is -2.18. The van der Waals surface area contributed by atoms with Crippen molar-refractivity contribution in [1.29, 1.82) is 0 Å². The molecule has 6 N–H and O–H groups in total. The lowest BCUT2D eigenvalue weighted by molar-refractivity contribution is -0.0258. The van der Waals surface area contributed by atoms with Crippen molar-refractivity contribution in [1.82, 2.24) is 5.09 Å². The molecule has 0 aliphatic rings. The first kappa shape index (κ1) is 63.3. The largest absolute Gasteiger partial charge is 0.388 e. The van der Waals surface area contributed by atoms with E-state index in [2.05, 4.69) is 5.09 Å². The predicted octanol–water partition coefficient (Wildman–Crippen LogP) is 3.95. The molecular formula is C36H81NO20P4. The van der Waals surface area contributed by atoms with Gasteiger partial charge in [-0.05, 0) is 6.42 Å². The molecule has 6 atom stereocenters. The summed E-state index contributed by atoms with van der Waals surface area (Å²) in [6.07, 6.45) is -1.33. The molecule has 0 saturated heterocycles. The summed E-state index contributed by atoms with van der Waals surface area (Å²) in [7, 11) is -13.2. The molecule has 370 valence electrons. The summed E-state index contributed by atoms with van der Waals surface area (Å²) >= 11 is 0. The molecule has 0 aliphatic carbocycles. The van der Waals surface area contributed by atoms with Gasteiger partial charge < -0.3 is 76.4 Å².